The van der Waals surface area contributed by atoms with E-state index >= 15 is 0 Å². The van der Waals surface area contributed by atoms with Crippen LogP contribution in [0.15, 0.2) is 41.0 Å². The van der Waals surface area contributed by atoms with E-state index in [0.717, 1.165) is 18.0 Å². The minimum atomic E-state index is -0.0534. The molecule has 5 nitrogen and oxygen atoms in total. The topological polar surface area (TPSA) is 62.7 Å². The van der Waals surface area contributed by atoms with Crippen LogP contribution in [-0.2, 0) is 6.54 Å². The van der Waals surface area contributed by atoms with Crippen molar-refractivity contribution < 1.29 is 9.21 Å². The maximum absolute atomic E-state index is 11.9. The largest absolute Gasteiger partial charge is 0.467 e. The fourth-order valence-corrected chi connectivity index (χ4v) is 2.19. The number of benzene rings is 1. The molecule has 0 atom stereocenters. The molecule has 112 valence electrons. The van der Waals surface area contributed by atoms with Gasteiger partial charge in [-0.05, 0) is 37.3 Å². The zero-order valence-electron chi connectivity index (χ0n) is 12.7. The van der Waals surface area contributed by atoms with Gasteiger partial charge in [0.1, 0.15) is 5.76 Å². The van der Waals surface area contributed by atoms with Crippen LogP contribution in [0.5, 0.6) is 0 Å². The summed E-state index contributed by atoms with van der Waals surface area (Å²) in [5.41, 5.74) is 8.21. The summed E-state index contributed by atoms with van der Waals surface area (Å²) in [4.78, 5) is 15.6. The number of carbonyl (C=O) groups excluding carboxylic acids is 1. The van der Waals surface area contributed by atoms with E-state index in [0.29, 0.717) is 17.8 Å². The van der Waals surface area contributed by atoms with Crippen LogP contribution < -0.4 is 10.6 Å². The van der Waals surface area contributed by atoms with Crippen LogP contribution in [0.2, 0.25) is 0 Å². The number of rotatable bonds is 5. The van der Waals surface area contributed by atoms with Crippen molar-refractivity contribution in [2.75, 3.05) is 31.3 Å². The quantitative estimate of drug-likeness (QED) is 0.859. The molecule has 1 heterocycles. The van der Waals surface area contributed by atoms with Gasteiger partial charge >= 0.3 is 0 Å². The molecule has 0 saturated carbocycles. The molecular formula is C16H21N3O2. The van der Waals surface area contributed by atoms with E-state index in [9.17, 15) is 4.79 Å². The summed E-state index contributed by atoms with van der Waals surface area (Å²) >= 11 is 0. The predicted molar refractivity (Wildman–Crippen MR) is 84.3 cm³/mol. The summed E-state index contributed by atoms with van der Waals surface area (Å²) in [5.74, 6) is 0.826. The summed E-state index contributed by atoms with van der Waals surface area (Å²) in [5, 5.41) is 0. The van der Waals surface area contributed by atoms with Gasteiger partial charge in [0.05, 0.1) is 24.2 Å². The minimum absolute atomic E-state index is 0.0534. The van der Waals surface area contributed by atoms with Crippen molar-refractivity contribution >= 4 is 17.3 Å². The Morgan fingerprint density at radius 3 is 2.57 bits per heavy atom. The summed E-state index contributed by atoms with van der Waals surface area (Å²) in [6, 6.07) is 9.22. The number of amides is 1. The molecule has 0 aliphatic rings. The fourth-order valence-electron chi connectivity index (χ4n) is 2.19. The number of hydrogen-bond acceptors (Lipinski definition) is 4. The second kappa shape index (κ2) is 6.35. The molecule has 21 heavy (non-hydrogen) atoms. The SMILES string of the molecule is CCN(Cc1ccco1)c1ccc(C(=O)N(C)C)cc1N. The fraction of sp³-hybridized carbons (Fsp3) is 0.312. The van der Waals surface area contributed by atoms with Crippen molar-refractivity contribution in [3.05, 3.63) is 47.9 Å². The standard InChI is InChI=1S/C16H21N3O2/c1-4-19(11-13-6-5-9-21-13)15-8-7-12(10-14(15)17)16(20)18(2)3/h5-10H,4,11,17H2,1-3H3. The third-order valence-corrected chi connectivity index (χ3v) is 3.33. The van der Waals surface area contributed by atoms with Gasteiger partial charge in [-0.3, -0.25) is 4.79 Å². The number of carbonyl (C=O) groups is 1. The molecule has 0 fully saturated rings. The molecule has 1 aromatic heterocycles. The first-order valence-corrected chi connectivity index (χ1v) is 6.91. The van der Waals surface area contributed by atoms with Crippen LogP contribution in [0.1, 0.15) is 23.0 Å². The summed E-state index contributed by atoms with van der Waals surface area (Å²) in [7, 11) is 3.45. The van der Waals surface area contributed by atoms with E-state index in [1.165, 1.54) is 4.90 Å². The van der Waals surface area contributed by atoms with Gasteiger partial charge < -0.3 is 20.0 Å². The lowest BCUT2D eigenvalue weighted by Gasteiger charge is -2.24. The number of nitrogen functional groups attached to an aromatic ring is 1. The normalized spacial score (nSPS) is 10.4. The third-order valence-electron chi connectivity index (χ3n) is 3.33. The number of furan rings is 1. The lowest BCUT2D eigenvalue weighted by Crippen LogP contribution is -2.24. The summed E-state index contributed by atoms with van der Waals surface area (Å²) < 4.78 is 5.38. The van der Waals surface area contributed by atoms with Crippen molar-refractivity contribution in [3.63, 3.8) is 0 Å². The molecule has 2 rings (SSSR count). The summed E-state index contributed by atoms with van der Waals surface area (Å²) in [6.45, 7) is 3.50. The second-order valence-electron chi connectivity index (χ2n) is 5.07. The van der Waals surface area contributed by atoms with E-state index < -0.39 is 0 Å². The van der Waals surface area contributed by atoms with Crippen molar-refractivity contribution in [1.82, 2.24) is 4.90 Å². The molecule has 0 bridgehead atoms. The van der Waals surface area contributed by atoms with Gasteiger partial charge in [-0.2, -0.15) is 0 Å². The molecule has 0 aliphatic heterocycles. The predicted octanol–water partition coefficient (Wildman–Crippen LogP) is 2.59. The van der Waals surface area contributed by atoms with Gasteiger partial charge in [0, 0.05) is 26.2 Å². The number of nitrogens with two attached hydrogens (primary N) is 1. The van der Waals surface area contributed by atoms with Gasteiger partial charge in [0.25, 0.3) is 5.91 Å². The van der Waals surface area contributed by atoms with Crippen LogP contribution in [0.3, 0.4) is 0 Å². The maximum atomic E-state index is 11.9. The summed E-state index contributed by atoms with van der Waals surface area (Å²) in [6.07, 6.45) is 1.66. The molecule has 0 radical (unpaired) electrons. The Labute approximate surface area is 124 Å². The first kappa shape index (κ1) is 15.0. The highest BCUT2D eigenvalue weighted by atomic mass is 16.3. The van der Waals surface area contributed by atoms with Gasteiger partial charge in [0.2, 0.25) is 0 Å². The monoisotopic (exact) mass is 287 g/mol. The molecule has 0 unspecified atom stereocenters. The molecule has 5 heteroatoms. The molecule has 2 N–H and O–H groups in total. The van der Waals surface area contributed by atoms with Crippen LogP contribution >= 0.6 is 0 Å². The van der Waals surface area contributed by atoms with E-state index in [1.807, 2.05) is 18.2 Å². The zero-order chi connectivity index (χ0) is 15.4. The van der Waals surface area contributed by atoms with E-state index in [1.54, 1.807) is 32.5 Å². The second-order valence-corrected chi connectivity index (χ2v) is 5.07. The molecule has 1 aromatic carbocycles. The lowest BCUT2D eigenvalue weighted by molar-refractivity contribution is 0.0827. The third kappa shape index (κ3) is 3.37. The van der Waals surface area contributed by atoms with Crippen molar-refractivity contribution in [1.29, 1.82) is 0 Å². The zero-order valence-corrected chi connectivity index (χ0v) is 12.7. The first-order valence-electron chi connectivity index (χ1n) is 6.91. The van der Waals surface area contributed by atoms with Gasteiger partial charge in [-0.25, -0.2) is 0 Å². The molecule has 1 amide bonds. The van der Waals surface area contributed by atoms with Crippen LogP contribution in [0.4, 0.5) is 11.4 Å². The first-order chi connectivity index (χ1) is 10.0. The van der Waals surface area contributed by atoms with E-state index in [4.69, 9.17) is 10.2 Å². The average molecular weight is 287 g/mol. The smallest absolute Gasteiger partial charge is 0.253 e. The highest BCUT2D eigenvalue weighted by molar-refractivity contribution is 5.95. The Kier molecular flexibility index (Phi) is 4.52. The Morgan fingerprint density at radius 1 is 1.29 bits per heavy atom. The van der Waals surface area contributed by atoms with Gasteiger partial charge in [0.15, 0.2) is 0 Å². The Balaban J connectivity index is 2.24. The highest BCUT2D eigenvalue weighted by Crippen LogP contribution is 2.26. The van der Waals surface area contributed by atoms with Gasteiger partial charge in [-0.1, -0.05) is 0 Å². The van der Waals surface area contributed by atoms with Crippen LogP contribution in [-0.4, -0.2) is 31.4 Å². The van der Waals surface area contributed by atoms with Gasteiger partial charge in [-0.15, -0.1) is 0 Å². The molecule has 0 aliphatic carbocycles. The average Bonchev–Trinajstić information content (AvgIpc) is 2.97. The Bertz CT molecular complexity index is 606. The van der Waals surface area contributed by atoms with Crippen LogP contribution in [0, 0.1) is 0 Å². The minimum Gasteiger partial charge on any atom is -0.467 e. The lowest BCUT2D eigenvalue weighted by atomic mass is 10.1. The molecule has 0 spiro atoms. The number of nitrogens with zero attached hydrogens (tertiary/aromatic N) is 2. The van der Waals surface area contributed by atoms with E-state index in [2.05, 4.69) is 11.8 Å². The van der Waals surface area contributed by atoms with E-state index in [-0.39, 0.29) is 5.91 Å². The molecule has 2 aromatic rings. The number of hydrogen-bond donors (Lipinski definition) is 1. The number of anilines is 2. The maximum Gasteiger partial charge on any atom is 0.253 e. The van der Waals surface area contributed by atoms with Crippen molar-refractivity contribution in [3.8, 4) is 0 Å². The Hall–Kier alpha value is -2.43. The highest BCUT2D eigenvalue weighted by Gasteiger charge is 2.14. The van der Waals surface area contributed by atoms with Crippen molar-refractivity contribution in [2.45, 2.75) is 13.5 Å². The van der Waals surface area contributed by atoms with Crippen LogP contribution in [0.25, 0.3) is 0 Å². The molecule has 0 saturated heterocycles. The molecular weight excluding hydrogens is 266 g/mol. The Morgan fingerprint density at radius 2 is 2.05 bits per heavy atom. The van der Waals surface area contributed by atoms with Crippen molar-refractivity contribution in [2.24, 2.45) is 0 Å².